The molecule has 2 unspecified atom stereocenters. The Morgan fingerprint density at radius 1 is 1.23 bits per heavy atom. The van der Waals surface area contributed by atoms with Crippen LogP contribution in [-0.2, 0) is 0 Å². The van der Waals surface area contributed by atoms with E-state index in [9.17, 15) is 9.59 Å². The van der Waals surface area contributed by atoms with E-state index in [0.717, 1.165) is 26.1 Å². The fourth-order valence-electron chi connectivity index (χ4n) is 3.37. The Morgan fingerprint density at radius 3 is 2.95 bits per heavy atom. The van der Waals surface area contributed by atoms with Gasteiger partial charge in [-0.15, -0.1) is 0 Å². The second-order valence-electron chi connectivity index (χ2n) is 5.87. The summed E-state index contributed by atoms with van der Waals surface area (Å²) >= 11 is 5.97. The van der Waals surface area contributed by atoms with E-state index in [4.69, 9.17) is 16.0 Å². The van der Waals surface area contributed by atoms with E-state index in [2.05, 4.69) is 4.90 Å². The van der Waals surface area contributed by atoms with Gasteiger partial charge >= 0.3 is 5.63 Å². The quantitative estimate of drug-likeness (QED) is 0.754. The van der Waals surface area contributed by atoms with Gasteiger partial charge in [0.2, 0.25) is 0 Å². The molecule has 2 fully saturated rings. The number of rotatable bonds is 1. The van der Waals surface area contributed by atoms with Gasteiger partial charge in [0, 0.05) is 42.6 Å². The average Bonchev–Trinajstić information content (AvgIpc) is 2.88. The summed E-state index contributed by atoms with van der Waals surface area (Å²) in [5, 5.41) is 1.21. The molecular weight excluding hydrogens is 304 g/mol. The fourth-order valence-corrected chi connectivity index (χ4v) is 3.55. The van der Waals surface area contributed by atoms with Crippen molar-refractivity contribution in [2.45, 2.75) is 12.5 Å². The molecule has 0 saturated carbocycles. The number of halogens is 1. The first-order chi connectivity index (χ1) is 10.6. The topological polar surface area (TPSA) is 53.8 Å². The molecule has 2 aromatic rings. The second kappa shape index (κ2) is 5.11. The highest BCUT2D eigenvalue weighted by molar-refractivity contribution is 6.31. The predicted octanol–water partition coefficient (Wildman–Crippen LogP) is 1.98. The first-order valence-corrected chi connectivity index (χ1v) is 7.76. The number of carbonyl (C=O) groups excluding carboxylic acids is 1. The number of hydrogen-bond acceptors (Lipinski definition) is 4. The molecule has 2 aliphatic rings. The van der Waals surface area contributed by atoms with Crippen molar-refractivity contribution in [3.8, 4) is 0 Å². The zero-order chi connectivity index (χ0) is 15.3. The molecule has 4 rings (SSSR count). The zero-order valence-corrected chi connectivity index (χ0v) is 12.7. The van der Waals surface area contributed by atoms with Crippen LogP contribution in [0.25, 0.3) is 11.0 Å². The normalized spacial score (nSPS) is 24.0. The van der Waals surface area contributed by atoms with Crippen LogP contribution in [0.4, 0.5) is 0 Å². The van der Waals surface area contributed by atoms with E-state index in [-0.39, 0.29) is 17.5 Å². The molecule has 2 aliphatic heterocycles. The summed E-state index contributed by atoms with van der Waals surface area (Å²) in [4.78, 5) is 29.1. The van der Waals surface area contributed by atoms with Crippen LogP contribution in [0.1, 0.15) is 16.8 Å². The third-order valence-corrected chi connectivity index (χ3v) is 4.77. The number of fused-ring (bicyclic) bond motifs is 3. The van der Waals surface area contributed by atoms with E-state index >= 15 is 0 Å². The van der Waals surface area contributed by atoms with E-state index in [1.807, 2.05) is 4.90 Å². The standard InChI is InChI=1S/C16H15ClN2O3/c17-11-1-2-14-10(7-11)8-13(16(21)22-14)15(20)19-6-5-18-4-3-12(19)9-18/h1-2,7-8,12H,3-6,9H2. The van der Waals surface area contributed by atoms with Gasteiger partial charge in [-0.1, -0.05) is 11.6 Å². The van der Waals surface area contributed by atoms with Gasteiger partial charge in [0.15, 0.2) is 0 Å². The van der Waals surface area contributed by atoms with Crippen molar-refractivity contribution in [1.29, 1.82) is 0 Å². The Kier molecular flexibility index (Phi) is 3.20. The third-order valence-electron chi connectivity index (χ3n) is 4.53. The number of hydrogen-bond donors (Lipinski definition) is 0. The van der Waals surface area contributed by atoms with Crippen molar-refractivity contribution in [1.82, 2.24) is 9.80 Å². The second-order valence-corrected chi connectivity index (χ2v) is 6.31. The van der Waals surface area contributed by atoms with Crippen LogP contribution < -0.4 is 5.63 Å². The molecular formula is C16H15ClN2O3. The van der Waals surface area contributed by atoms with Gasteiger partial charge in [0.25, 0.3) is 5.91 Å². The van der Waals surface area contributed by atoms with Crippen LogP contribution in [-0.4, -0.2) is 47.9 Å². The van der Waals surface area contributed by atoms with Crippen LogP contribution >= 0.6 is 11.6 Å². The maximum absolute atomic E-state index is 12.8. The molecule has 0 aliphatic carbocycles. The Morgan fingerprint density at radius 2 is 2.09 bits per heavy atom. The molecule has 6 heteroatoms. The molecule has 0 N–H and O–H groups in total. The first kappa shape index (κ1) is 13.8. The molecule has 2 bridgehead atoms. The van der Waals surface area contributed by atoms with E-state index in [1.165, 1.54) is 0 Å². The van der Waals surface area contributed by atoms with Crippen molar-refractivity contribution in [3.63, 3.8) is 0 Å². The van der Waals surface area contributed by atoms with Crippen molar-refractivity contribution < 1.29 is 9.21 Å². The summed E-state index contributed by atoms with van der Waals surface area (Å²) in [5.74, 6) is -0.234. The summed E-state index contributed by atoms with van der Waals surface area (Å²) < 4.78 is 5.27. The molecule has 2 atom stereocenters. The number of nitrogens with zero attached hydrogens (tertiary/aromatic N) is 2. The van der Waals surface area contributed by atoms with Gasteiger partial charge in [-0.3, -0.25) is 9.69 Å². The molecule has 3 heterocycles. The predicted molar refractivity (Wildman–Crippen MR) is 83.4 cm³/mol. The van der Waals surface area contributed by atoms with Crippen molar-refractivity contribution in [2.24, 2.45) is 0 Å². The Bertz CT molecular complexity index is 817. The van der Waals surface area contributed by atoms with Crippen LogP contribution in [0, 0.1) is 0 Å². The van der Waals surface area contributed by atoms with Gasteiger partial charge in [-0.05, 0) is 30.7 Å². The molecule has 22 heavy (non-hydrogen) atoms. The first-order valence-electron chi connectivity index (χ1n) is 7.38. The third kappa shape index (κ3) is 2.21. The lowest BCUT2D eigenvalue weighted by atomic mass is 10.1. The monoisotopic (exact) mass is 318 g/mol. The zero-order valence-electron chi connectivity index (χ0n) is 11.9. The van der Waals surface area contributed by atoms with E-state index < -0.39 is 5.63 Å². The van der Waals surface area contributed by atoms with Gasteiger partial charge in [-0.25, -0.2) is 4.79 Å². The largest absolute Gasteiger partial charge is 0.422 e. The minimum Gasteiger partial charge on any atom is -0.422 e. The SMILES string of the molecule is O=C(c1cc2cc(Cl)ccc2oc1=O)N1CCN2CCC1C2. The number of carbonyl (C=O) groups is 1. The van der Waals surface area contributed by atoms with Gasteiger partial charge in [-0.2, -0.15) is 0 Å². The van der Waals surface area contributed by atoms with E-state index in [1.54, 1.807) is 24.3 Å². The van der Waals surface area contributed by atoms with E-state index in [0.29, 0.717) is 22.5 Å². The van der Waals surface area contributed by atoms with Crippen LogP contribution in [0.2, 0.25) is 5.02 Å². The summed E-state index contributed by atoms with van der Waals surface area (Å²) in [5.41, 5.74) is -0.0491. The summed E-state index contributed by atoms with van der Waals surface area (Å²) in [6, 6.07) is 6.80. The maximum Gasteiger partial charge on any atom is 0.349 e. The fraction of sp³-hybridized carbons (Fsp3) is 0.375. The lowest BCUT2D eigenvalue weighted by molar-refractivity contribution is 0.0605. The molecule has 1 aromatic heterocycles. The van der Waals surface area contributed by atoms with Crippen molar-refractivity contribution in [3.05, 3.63) is 45.3 Å². The molecule has 0 radical (unpaired) electrons. The van der Waals surface area contributed by atoms with Gasteiger partial charge in [0.1, 0.15) is 11.1 Å². The lowest BCUT2D eigenvalue weighted by Gasteiger charge is -2.34. The highest BCUT2D eigenvalue weighted by atomic mass is 35.5. The molecule has 2 saturated heterocycles. The summed E-state index contributed by atoms with van der Waals surface area (Å²) in [7, 11) is 0. The Labute approximate surface area is 132 Å². The summed E-state index contributed by atoms with van der Waals surface area (Å²) in [6.45, 7) is 3.45. The molecule has 114 valence electrons. The number of piperazine rings is 1. The maximum atomic E-state index is 12.8. The smallest absolute Gasteiger partial charge is 0.349 e. The minimum atomic E-state index is -0.583. The summed E-state index contributed by atoms with van der Waals surface area (Å²) in [6.07, 6.45) is 0.969. The van der Waals surface area contributed by atoms with Crippen molar-refractivity contribution >= 4 is 28.5 Å². The highest BCUT2D eigenvalue weighted by Crippen LogP contribution is 2.23. The molecule has 1 amide bonds. The lowest BCUT2D eigenvalue weighted by Crippen LogP contribution is -2.50. The van der Waals surface area contributed by atoms with Gasteiger partial charge in [0.05, 0.1) is 0 Å². The van der Waals surface area contributed by atoms with Gasteiger partial charge < -0.3 is 9.32 Å². The highest BCUT2D eigenvalue weighted by Gasteiger charge is 2.36. The Balaban J connectivity index is 1.75. The van der Waals surface area contributed by atoms with Crippen molar-refractivity contribution in [2.75, 3.05) is 26.2 Å². The molecule has 1 aromatic carbocycles. The van der Waals surface area contributed by atoms with Crippen LogP contribution in [0.3, 0.4) is 0 Å². The van der Waals surface area contributed by atoms with Crippen LogP contribution in [0.15, 0.2) is 33.5 Å². The molecule has 5 nitrogen and oxygen atoms in total. The minimum absolute atomic E-state index is 0.0927. The number of amides is 1. The average molecular weight is 319 g/mol. The number of benzene rings is 1. The van der Waals surface area contributed by atoms with Crippen LogP contribution in [0.5, 0.6) is 0 Å². The molecule has 0 spiro atoms. The Hall–Kier alpha value is -1.85.